The Balaban J connectivity index is 2.06. The second-order valence-electron chi connectivity index (χ2n) is 6.02. The first-order valence-corrected chi connectivity index (χ1v) is 8.62. The number of carbonyl (C=O) groups is 2. The molecule has 3 aromatic rings. The lowest BCUT2D eigenvalue weighted by molar-refractivity contribution is -0.131. The van der Waals surface area contributed by atoms with Crippen LogP contribution in [0, 0.1) is 0 Å². The van der Waals surface area contributed by atoms with Crippen LogP contribution in [0.4, 0.5) is 0 Å². The van der Waals surface area contributed by atoms with Gasteiger partial charge in [0.25, 0.3) is 0 Å². The van der Waals surface area contributed by atoms with Gasteiger partial charge in [0.05, 0.1) is 14.2 Å². The van der Waals surface area contributed by atoms with Gasteiger partial charge in [-0.25, -0.2) is 4.79 Å². The van der Waals surface area contributed by atoms with E-state index < -0.39 is 17.4 Å². The molecule has 7 heteroatoms. The quantitative estimate of drug-likeness (QED) is 0.207. The van der Waals surface area contributed by atoms with E-state index >= 15 is 0 Å². The van der Waals surface area contributed by atoms with Crippen molar-refractivity contribution in [3.63, 3.8) is 0 Å². The third kappa shape index (κ3) is 4.35. The molecule has 0 aliphatic rings. The molecule has 0 bridgehead atoms. The largest absolute Gasteiger partial charge is 0.493 e. The van der Waals surface area contributed by atoms with Gasteiger partial charge in [0.1, 0.15) is 11.3 Å². The first kappa shape index (κ1) is 19.9. The molecule has 1 aromatic heterocycles. The molecule has 0 radical (unpaired) electrons. The number of esters is 1. The van der Waals surface area contributed by atoms with Crippen LogP contribution in [-0.2, 0) is 4.79 Å². The van der Waals surface area contributed by atoms with Crippen molar-refractivity contribution in [3.05, 3.63) is 70.1 Å². The maximum atomic E-state index is 12.9. The number of allylic oxidation sites excluding steroid dienone is 1. The summed E-state index contributed by atoms with van der Waals surface area (Å²) in [6.45, 7) is 1.22. The van der Waals surface area contributed by atoms with E-state index in [0.29, 0.717) is 22.4 Å². The Morgan fingerprint density at radius 1 is 0.931 bits per heavy atom. The average Bonchev–Trinajstić information content (AvgIpc) is 2.71. The number of hydrogen-bond donors (Lipinski definition) is 0. The van der Waals surface area contributed by atoms with Crippen LogP contribution < -0.4 is 19.8 Å². The smallest absolute Gasteiger partial charge is 0.336 e. The number of fused-ring (bicyclic) bond motifs is 1. The number of carbonyl (C=O) groups excluding carboxylic acids is 2. The Morgan fingerprint density at radius 2 is 1.62 bits per heavy atom. The van der Waals surface area contributed by atoms with Crippen LogP contribution in [0.1, 0.15) is 22.8 Å². The molecular formula is C22H18O7. The molecule has 0 spiro atoms. The second kappa shape index (κ2) is 8.43. The fourth-order valence-electron chi connectivity index (χ4n) is 2.80. The number of methoxy groups -OCH3 is 2. The van der Waals surface area contributed by atoms with Crippen molar-refractivity contribution in [3.8, 4) is 17.2 Å². The van der Waals surface area contributed by atoms with Crippen LogP contribution in [0.15, 0.2) is 57.8 Å². The van der Waals surface area contributed by atoms with Gasteiger partial charge in [0, 0.05) is 18.4 Å². The molecule has 1 heterocycles. The summed E-state index contributed by atoms with van der Waals surface area (Å²) in [7, 11) is 3.04. The molecule has 0 unspecified atom stereocenters. The molecule has 148 valence electrons. The van der Waals surface area contributed by atoms with Crippen LogP contribution in [0.3, 0.4) is 0 Å². The maximum absolute atomic E-state index is 12.9. The third-order valence-corrected chi connectivity index (χ3v) is 4.09. The van der Waals surface area contributed by atoms with Crippen molar-refractivity contribution in [2.75, 3.05) is 14.2 Å². The van der Waals surface area contributed by atoms with Crippen molar-refractivity contribution in [1.82, 2.24) is 0 Å². The summed E-state index contributed by atoms with van der Waals surface area (Å²) in [4.78, 5) is 36.0. The first-order valence-electron chi connectivity index (χ1n) is 8.62. The number of benzene rings is 2. The molecule has 2 aromatic carbocycles. The predicted molar refractivity (Wildman–Crippen MR) is 107 cm³/mol. The van der Waals surface area contributed by atoms with Gasteiger partial charge in [-0.05, 0) is 42.0 Å². The molecule has 0 fully saturated rings. The van der Waals surface area contributed by atoms with Crippen molar-refractivity contribution >= 4 is 28.8 Å². The Labute approximate surface area is 166 Å². The number of ether oxygens (including phenoxy) is 3. The van der Waals surface area contributed by atoms with E-state index in [0.717, 1.165) is 0 Å². The average molecular weight is 394 g/mol. The monoisotopic (exact) mass is 394 g/mol. The zero-order chi connectivity index (χ0) is 21.0. The lowest BCUT2D eigenvalue weighted by Gasteiger charge is -2.09. The van der Waals surface area contributed by atoms with E-state index in [9.17, 15) is 14.4 Å². The van der Waals surface area contributed by atoms with Gasteiger partial charge in [0.15, 0.2) is 22.9 Å². The van der Waals surface area contributed by atoms with Crippen LogP contribution >= 0.6 is 0 Å². The van der Waals surface area contributed by atoms with Gasteiger partial charge in [-0.1, -0.05) is 12.1 Å². The molecule has 0 atom stereocenters. The van der Waals surface area contributed by atoms with Gasteiger partial charge in [0.2, 0.25) is 0 Å². The Hall–Kier alpha value is -3.87. The van der Waals surface area contributed by atoms with E-state index in [2.05, 4.69) is 0 Å². The summed E-state index contributed by atoms with van der Waals surface area (Å²) < 4.78 is 20.8. The molecule has 0 aliphatic carbocycles. The van der Waals surface area contributed by atoms with Crippen molar-refractivity contribution in [1.29, 1.82) is 0 Å². The molecule has 0 N–H and O–H groups in total. The Morgan fingerprint density at radius 3 is 2.31 bits per heavy atom. The zero-order valence-corrected chi connectivity index (χ0v) is 16.1. The topological polar surface area (TPSA) is 92.0 Å². The van der Waals surface area contributed by atoms with Crippen molar-refractivity contribution < 1.29 is 28.2 Å². The molecule has 0 amide bonds. The van der Waals surface area contributed by atoms with Gasteiger partial charge in [-0.15, -0.1) is 0 Å². The highest BCUT2D eigenvalue weighted by molar-refractivity contribution is 6.15. The Bertz CT molecular complexity index is 1170. The molecule has 29 heavy (non-hydrogen) atoms. The minimum atomic E-state index is -0.615. The van der Waals surface area contributed by atoms with Gasteiger partial charge in [-0.2, -0.15) is 0 Å². The molecule has 0 saturated heterocycles. The zero-order valence-electron chi connectivity index (χ0n) is 16.1. The lowest BCUT2D eigenvalue weighted by atomic mass is 10.0. The van der Waals surface area contributed by atoms with Gasteiger partial charge in [-0.3, -0.25) is 9.59 Å². The van der Waals surface area contributed by atoms with E-state index in [1.165, 1.54) is 45.4 Å². The third-order valence-electron chi connectivity index (χ3n) is 4.09. The first-order chi connectivity index (χ1) is 13.9. The van der Waals surface area contributed by atoms with Gasteiger partial charge >= 0.3 is 11.6 Å². The van der Waals surface area contributed by atoms with E-state index in [4.69, 9.17) is 18.6 Å². The second-order valence-corrected chi connectivity index (χ2v) is 6.02. The lowest BCUT2D eigenvalue weighted by Crippen LogP contribution is -2.08. The molecular weight excluding hydrogens is 376 g/mol. The van der Waals surface area contributed by atoms with E-state index in [1.807, 2.05) is 0 Å². The summed E-state index contributed by atoms with van der Waals surface area (Å²) in [6.07, 6.45) is 2.87. The molecule has 7 nitrogen and oxygen atoms in total. The highest BCUT2D eigenvalue weighted by Crippen LogP contribution is 2.30. The number of ketones is 1. The van der Waals surface area contributed by atoms with Crippen LogP contribution in [0.25, 0.3) is 17.0 Å². The number of rotatable bonds is 6. The normalized spacial score (nSPS) is 10.9. The maximum Gasteiger partial charge on any atom is 0.336 e. The summed E-state index contributed by atoms with van der Waals surface area (Å²) in [5, 5.41) is 0.531. The van der Waals surface area contributed by atoms with Crippen LogP contribution in [0.5, 0.6) is 17.2 Å². The van der Waals surface area contributed by atoms with Crippen molar-refractivity contribution in [2.24, 2.45) is 0 Å². The predicted octanol–water partition coefficient (Wildman–Crippen LogP) is 3.63. The standard InChI is InChI=1S/C22H18O7/c1-13(23)28-18-10-6-15-7-11-20(25)29-22(15)21(18)16(24)8-4-14-5-9-17(26-2)19(12-14)27-3/h4-12H,1-3H3/b8-4+. The summed E-state index contributed by atoms with van der Waals surface area (Å²) >= 11 is 0. The SMILES string of the molecule is COc1ccc(/C=C/C(=O)c2c(OC(C)=O)ccc3ccc(=O)oc23)cc1OC. The van der Waals surface area contributed by atoms with E-state index in [1.54, 1.807) is 30.3 Å². The number of hydrogen-bond acceptors (Lipinski definition) is 7. The fraction of sp³-hybridized carbons (Fsp3) is 0.136. The summed E-state index contributed by atoms with van der Waals surface area (Å²) in [5.41, 5.74) is 0.118. The van der Waals surface area contributed by atoms with Crippen LogP contribution in [-0.4, -0.2) is 26.0 Å². The summed E-state index contributed by atoms with van der Waals surface area (Å²) in [6, 6.07) is 11.0. The molecule has 0 aliphatic heterocycles. The Kier molecular flexibility index (Phi) is 5.78. The van der Waals surface area contributed by atoms with Crippen LogP contribution in [0.2, 0.25) is 0 Å². The summed E-state index contributed by atoms with van der Waals surface area (Å²) in [5.74, 6) is 0.000605. The fourth-order valence-corrected chi connectivity index (χ4v) is 2.80. The molecule has 0 saturated carbocycles. The highest BCUT2D eigenvalue weighted by Gasteiger charge is 2.19. The van der Waals surface area contributed by atoms with Crippen molar-refractivity contribution in [2.45, 2.75) is 6.92 Å². The minimum Gasteiger partial charge on any atom is -0.493 e. The molecule has 3 rings (SSSR count). The van der Waals surface area contributed by atoms with E-state index in [-0.39, 0.29) is 16.9 Å². The van der Waals surface area contributed by atoms with Gasteiger partial charge < -0.3 is 18.6 Å². The minimum absolute atomic E-state index is 0.00729. The highest BCUT2D eigenvalue weighted by atomic mass is 16.5.